The maximum Gasteiger partial charge on any atom is 0.158 e. The topological polar surface area (TPSA) is 52.3 Å². The summed E-state index contributed by atoms with van der Waals surface area (Å²) in [5, 5.41) is 0. The molecule has 0 aliphatic rings. The van der Waals surface area contributed by atoms with Crippen molar-refractivity contribution in [1.29, 1.82) is 0 Å². The fourth-order valence-electron chi connectivity index (χ4n) is 2.03. The van der Waals surface area contributed by atoms with Crippen LogP contribution in [0.1, 0.15) is 17.2 Å². The summed E-state index contributed by atoms with van der Waals surface area (Å²) < 4.78 is 6.18. The highest BCUT2D eigenvalue weighted by molar-refractivity contribution is 9.10. The van der Waals surface area contributed by atoms with Gasteiger partial charge in [-0.05, 0) is 23.8 Å². The number of carbonyl (C=O) groups is 1. The molecule has 0 saturated carbocycles. The summed E-state index contributed by atoms with van der Waals surface area (Å²) in [6.45, 7) is 0. The van der Waals surface area contributed by atoms with Gasteiger partial charge < -0.3 is 10.5 Å². The van der Waals surface area contributed by atoms with Crippen molar-refractivity contribution in [3.05, 3.63) is 64.1 Å². The Kier molecular flexibility index (Phi) is 4.93. The summed E-state index contributed by atoms with van der Waals surface area (Å²) >= 11 is 3.40. The number of halogens is 1. The van der Waals surface area contributed by atoms with Crippen molar-refractivity contribution < 1.29 is 9.53 Å². The predicted octanol–water partition coefficient (Wildman–Crippen LogP) is 3.27. The van der Waals surface area contributed by atoms with E-state index in [9.17, 15) is 4.79 Å². The fraction of sp³-hybridized carbons (Fsp3) is 0.188. The minimum Gasteiger partial charge on any atom is -0.496 e. The van der Waals surface area contributed by atoms with Crippen LogP contribution in [0.5, 0.6) is 5.75 Å². The zero-order valence-electron chi connectivity index (χ0n) is 11.2. The molecule has 3 nitrogen and oxygen atoms in total. The molecule has 104 valence electrons. The van der Waals surface area contributed by atoms with Crippen molar-refractivity contribution in [3.8, 4) is 5.75 Å². The fourth-order valence-corrected chi connectivity index (χ4v) is 2.44. The van der Waals surface area contributed by atoms with Crippen LogP contribution < -0.4 is 10.5 Å². The summed E-state index contributed by atoms with van der Waals surface area (Å²) in [6.07, 6.45) is 0.249. The van der Waals surface area contributed by atoms with Crippen LogP contribution in [0.3, 0.4) is 0 Å². The Morgan fingerprint density at radius 3 is 2.60 bits per heavy atom. The molecule has 0 saturated heterocycles. The second kappa shape index (κ2) is 6.68. The van der Waals surface area contributed by atoms with Gasteiger partial charge in [0, 0.05) is 16.5 Å². The average molecular weight is 334 g/mol. The van der Waals surface area contributed by atoms with Gasteiger partial charge in [0.25, 0.3) is 0 Å². The van der Waals surface area contributed by atoms with Crippen LogP contribution in [0, 0.1) is 0 Å². The van der Waals surface area contributed by atoms with Crippen molar-refractivity contribution in [1.82, 2.24) is 0 Å². The van der Waals surface area contributed by atoms with E-state index in [0.29, 0.717) is 5.75 Å². The van der Waals surface area contributed by atoms with Crippen molar-refractivity contribution >= 4 is 21.7 Å². The molecule has 0 unspecified atom stereocenters. The normalized spacial score (nSPS) is 11.9. The molecule has 0 heterocycles. The SMILES string of the molecule is COc1ccc(Br)cc1CC(=O)[C@H](N)c1ccccc1. The summed E-state index contributed by atoms with van der Waals surface area (Å²) in [6, 6.07) is 14.4. The maximum atomic E-state index is 12.3. The molecule has 1 atom stereocenters. The Bertz CT molecular complexity index is 599. The molecular weight excluding hydrogens is 318 g/mol. The summed E-state index contributed by atoms with van der Waals surface area (Å²) in [5.74, 6) is 0.661. The molecule has 0 amide bonds. The second-order valence-electron chi connectivity index (χ2n) is 4.49. The number of ketones is 1. The first kappa shape index (κ1) is 14.8. The Balaban J connectivity index is 2.18. The van der Waals surface area contributed by atoms with Gasteiger partial charge >= 0.3 is 0 Å². The van der Waals surface area contributed by atoms with E-state index in [-0.39, 0.29) is 12.2 Å². The van der Waals surface area contributed by atoms with E-state index in [1.54, 1.807) is 7.11 Å². The van der Waals surface area contributed by atoms with Crippen LogP contribution in [0.2, 0.25) is 0 Å². The van der Waals surface area contributed by atoms with Crippen LogP contribution in [0.15, 0.2) is 53.0 Å². The smallest absolute Gasteiger partial charge is 0.158 e. The number of methoxy groups -OCH3 is 1. The zero-order chi connectivity index (χ0) is 14.5. The summed E-state index contributed by atoms with van der Waals surface area (Å²) in [7, 11) is 1.59. The van der Waals surface area contributed by atoms with Crippen LogP contribution >= 0.6 is 15.9 Å². The number of carbonyl (C=O) groups excluding carboxylic acids is 1. The molecule has 2 rings (SSSR count). The molecule has 0 aliphatic carbocycles. The van der Waals surface area contributed by atoms with E-state index >= 15 is 0 Å². The van der Waals surface area contributed by atoms with E-state index in [2.05, 4.69) is 15.9 Å². The third-order valence-electron chi connectivity index (χ3n) is 3.11. The minimum atomic E-state index is -0.611. The van der Waals surface area contributed by atoms with Crippen LogP contribution in [-0.4, -0.2) is 12.9 Å². The molecule has 0 bridgehead atoms. The largest absolute Gasteiger partial charge is 0.496 e. The first-order chi connectivity index (χ1) is 9.61. The van der Waals surface area contributed by atoms with E-state index in [0.717, 1.165) is 15.6 Å². The number of benzene rings is 2. The second-order valence-corrected chi connectivity index (χ2v) is 5.40. The van der Waals surface area contributed by atoms with Gasteiger partial charge in [0.05, 0.1) is 13.2 Å². The molecule has 2 aromatic carbocycles. The van der Waals surface area contributed by atoms with Gasteiger partial charge in [-0.15, -0.1) is 0 Å². The zero-order valence-corrected chi connectivity index (χ0v) is 12.8. The van der Waals surface area contributed by atoms with Crippen LogP contribution in [-0.2, 0) is 11.2 Å². The van der Waals surface area contributed by atoms with Gasteiger partial charge in [0.2, 0.25) is 0 Å². The summed E-state index contributed by atoms with van der Waals surface area (Å²) in [5.41, 5.74) is 7.67. The van der Waals surface area contributed by atoms with E-state index in [1.807, 2.05) is 48.5 Å². The molecule has 0 spiro atoms. The number of ether oxygens (including phenoxy) is 1. The number of rotatable bonds is 5. The maximum absolute atomic E-state index is 12.3. The average Bonchev–Trinajstić information content (AvgIpc) is 2.47. The number of nitrogens with two attached hydrogens (primary N) is 1. The molecule has 0 fully saturated rings. The van der Waals surface area contributed by atoms with Gasteiger partial charge in [0.1, 0.15) is 5.75 Å². The third-order valence-corrected chi connectivity index (χ3v) is 3.61. The van der Waals surface area contributed by atoms with Gasteiger partial charge in [0.15, 0.2) is 5.78 Å². The highest BCUT2D eigenvalue weighted by Crippen LogP contribution is 2.25. The van der Waals surface area contributed by atoms with Crippen LogP contribution in [0.25, 0.3) is 0 Å². The van der Waals surface area contributed by atoms with Gasteiger partial charge in [-0.1, -0.05) is 46.3 Å². The molecule has 0 aliphatic heterocycles. The first-order valence-electron chi connectivity index (χ1n) is 6.27. The molecule has 0 radical (unpaired) electrons. The summed E-state index contributed by atoms with van der Waals surface area (Å²) in [4.78, 5) is 12.3. The highest BCUT2D eigenvalue weighted by atomic mass is 79.9. The van der Waals surface area contributed by atoms with Gasteiger partial charge in [-0.3, -0.25) is 4.79 Å². The van der Waals surface area contributed by atoms with E-state index in [1.165, 1.54) is 0 Å². The molecule has 0 aromatic heterocycles. The van der Waals surface area contributed by atoms with Crippen molar-refractivity contribution in [2.24, 2.45) is 5.73 Å². The lowest BCUT2D eigenvalue weighted by atomic mass is 9.98. The van der Waals surface area contributed by atoms with Crippen molar-refractivity contribution in [2.75, 3.05) is 7.11 Å². The lowest BCUT2D eigenvalue weighted by Crippen LogP contribution is -2.23. The van der Waals surface area contributed by atoms with Gasteiger partial charge in [-0.25, -0.2) is 0 Å². The third kappa shape index (κ3) is 3.46. The monoisotopic (exact) mass is 333 g/mol. The van der Waals surface area contributed by atoms with Gasteiger partial charge in [-0.2, -0.15) is 0 Å². The van der Waals surface area contributed by atoms with E-state index in [4.69, 9.17) is 10.5 Å². The van der Waals surface area contributed by atoms with Crippen LogP contribution in [0.4, 0.5) is 0 Å². The number of Topliss-reactive ketones (excluding diaryl/α,β-unsaturated/α-hetero) is 1. The Hall–Kier alpha value is -1.65. The molecular formula is C16H16BrNO2. The molecule has 2 aromatic rings. The molecule has 2 N–H and O–H groups in total. The lowest BCUT2D eigenvalue weighted by molar-refractivity contribution is -0.119. The number of hydrogen-bond acceptors (Lipinski definition) is 3. The Morgan fingerprint density at radius 2 is 1.95 bits per heavy atom. The van der Waals surface area contributed by atoms with Crippen molar-refractivity contribution in [2.45, 2.75) is 12.5 Å². The standard InChI is InChI=1S/C16H16BrNO2/c1-20-15-8-7-13(17)9-12(15)10-14(19)16(18)11-5-3-2-4-6-11/h2-9,16H,10,18H2,1H3/t16-/m1/s1. The molecule has 4 heteroatoms. The lowest BCUT2D eigenvalue weighted by Gasteiger charge is -2.13. The Morgan fingerprint density at radius 1 is 1.25 bits per heavy atom. The van der Waals surface area contributed by atoms with Crippen molar-refractivity contribution in [3.63, 3.8) is 0 Å². The number of hydrogen-bond donors (Lipinski definition) is 1. The highest BCUT2D eigenvalue weighted by Gasteiger charge is 2.17. The van der Waals surface area contributed by atoms with E-state index < -0.39 is 6.04 Å². The molecule has 20 heavy (non-hydrogen) atoms. The Labute approximate surface area is 126 Å². The quantitative estimate of drug-likeness (QED) is 0.913. The first-order valence-corrected chi connectivity index (χ1v) is 7.06. The predicted molar refractivity (Wildman–Crippen MR) is 82.8 cm³/mol. The minimum absolute atomic E-state index is 0.0346.